The molecule has 3 aromatic rings. The number of benzene rings is 2. The Bertz CT molecular complexity index is 1180. The largest absolute Gasteiger partial charge is 0.497 e. The van der Waals surface area contributed by atoms with E-state index in [0.717, 1.165) is 24.9 Å². The molecule has 170 valence electrons. The Hall–Kier alpha value is -3.65. The molecule has 8 nitrogen and oxygen atoms in total. The van der Waals surface area contributed by atoms with Gasteiger partial charge >= 0.3 is 0 Å². The number of H-pyrrole nitrogens is 1. The third-order valence-corrected chi connectivity index (χ3v) is 6.71. The predicted molar refractivity (Wildman–Crippen MR) is 124 cm³/mol. The van der Waals surface area contributed by atoms with Crippen molar-refractivity contribution in [2.45, 2.75) is 31.1 Å². The molecule has 33 heavy (non-hydrogen) atoms. The summed E-state index contributed by atoms with van der Waals surface area (Å²) in [6.45, 7) is 0.651. The van der Waals surface area contributed by atoms with E-state index in [1.165, 1.54) is 5.56 Å². The predicted octanol–water partition coefficient (Wildman–Crippen LogP) is 3.29. The molecule has 2 heterocycles. The first-order chi connectivity index (χ1) is 16.0. The molecule has 3 N–H and O–H groups in total. The van der Waals surface area contributed by atoms with Crippen LogP contribution in [0.15, 0.2) is 48.5 Å². The van der Waals surface area contributed by atoms with Crippen LogP contribution in [0.4, 0.5) is 11.4 Å². The summed E-state index contributed by atoms with van der Waals surface area (Å²) in [6, 6.07) is 15.1. The molecule has 1 aromatic heterocycles. The number of hydrogen-bond donors (Lipinski definition) is 3. The van der Waals surface area contributed by atoms with Crippen molar-refractivity contribution in [2.75, 3.05) is 30.5 Å². The molecule has 0 spiro atoms. The van der Waals surface area contributed by atoms with Crippen LogP contribution in [0.3, 0.4) is 0 Å². The number of aliphatic hydroxyl groups is 1. The quantitative estimate of drug-likeness (QED) is 0.516. The number of aliphatic hydroxyl groups excluding tert-OH is 1. The Morgan fingerprint density at radius 1 is 1.18 bits per heavy atom. The fourth-order valence-corrected chi connectivity index (χ4v) is 4.59. The summed E-state index contributed by atoms with van der Waals surface area (Å²) in [7, 11) is 1.58. The first-order valence-corrected chi connectivity index (χ1v) is 11.1. The molecule has 5 rings (SSSR count). The van der Waals surface area contributed by atoms with Crippen LogP contribution in [0.5, 0.6) is 5.75 Å². The minimum atomic E-state index is -0.359. The Balaban J connectivity index is 1.31. The van der Waals surface area contributed by atoms with Crippen LogP contribution in [0.2, 0.25) is 0 Å². The second-order valence-corrected chi connectivity index (χ2v) is 8.62. The fourth-order valence-electron chi connectivity index (χ4n) is 4.59. The maximum atomic E-state index is 13.2. The second kappa shape index (κ2) is 8.37. The van der Waals surface area contributed by atoms with Crippen LogP contribution < -0.4 is 15.0 Å². The van der Waals surface area contributed by atoms with E-state index in [1.807, 2.05) is 12.1 Å². The van der Waals surface area contributed by atoms with E-state index in [1.54, 1.807) is 36.3 Å². The van der Waals surface area contributed by atoms with E-state index in [0.29, 0.717) is 35.7 Å². The number of aromatic nitrogens is 2. The lowest BCUT2D eigenvalue weighted by Crippen LogP contribution is -2.38. The highest BCUT2D eigenvalue weighted by Gasteiger charge is 2.43. The molecule has 1 saturated carbocycles. The number of carbonyl (C=O) groups is 2. The van der Waals surface area contributed by atoms with Gasteiger partial charge in [-0.2, -0.15) is 5.10 Å². The van der Waals surface area contributed by atoms with Crippen molar-refractivity contribution in [3.63, 3.8) is 0 Å². The summed E-state index contributed by atoms with van der Waals surface area (Å²) in [6.07, 6.45) is 3.48. The Morgan fingerprint density at radius 2 is 1.91 bits per heavy atom. The lowest BCUT2D eigenvalue weighted by molar-refractivity contribution is 0.0975. The number of carbonyl (C=O) groups excluding carboxylic acids is 2. The summed E-state index contributed by atoms with van der Waals surface area (Å²) in [5.41, 5.74) is 3.97. The van der Waals surface area contributed by atoms with Gasteiger partial charge in [-0.25, -0.2) is 0 Å². The van der Waals surface area contributed by atoms with E-state index < -0.39 is 0 Å². The van der Waals surface area contributed by atoms with E-state index in [4.69, 9.17) is 4.74 Å². The zero-order valence-corrected chi connectivity index (χ0v) is 18.4. The molecule has 2 aliphatic rings. The lowest BCUT2D eigenvalue weighted by Gasteiger charge is -2.27. The lowest BCUT2D eigenvalue weighted by atomic mass is 9.92. The van der Waals surface area contributed by atoms with Gasteiger partial charge in [0.2, 0.25) is 0 Å². The number of methoxy groups -OCH3 is 1. The standard InChI is InChI=1S/C25H26N4O4/c1-33-19-8-4-17(5-9-19)26-23(31)21-20-10-14-29(24(32)22(20)28-27-21)18-6-2-16(3-7-18)25(11-12-25)13-15-30/h2-9,30H,10-15H2,1H3,(H,26,31)(H,27,28). The first-order valence-electron chi connectivity index (χ1n) is 11.1. The number of nitrogens with zero attached hydrogens (tertiary/aromatic N) is 2. The normalized spacial score (nSPS) is 16.3. The molecular weight excluding hydrogens is 420 g/mol. The smallest absolute Gasteiger partial charge is 0.276 e. The molecule has 1 aliphatic carbocycles. The Morgan fingerprint density at radius 3 is 2.55 bits per heavy atom. The molecule has 8 heteroatoms. The van der Waals surface area contributed by atoms with Gasteiger partial charge in [0.15, 0.2) is 5.69 Å². The van der Waals surface area contributed by atoms with Crippen LogP contribution >= 0.6 is 0 Å². The maximum absolute atomic E-state index is 13.2. The highest BCUT2D eigenvalue weighted by Crippen LogP contribution is 2.51. The number of fused-ring (bicyclic) bond motifs is 1. The molecular formula is C25H26N4O4. The molecule has 0 radical (unpaired) electrons. The molecule has 0 bridgehead atoms. The topological polar surface area (TPSA) is 108 Å². The zero-order valence-electron chi connectivity index (χ0n) is 18.4. The number of amides is 2. The summed E-state index contributed by atoms with van der Waals surface area (Å²) < 4.78 is 5.13. The van der Waals surface area contributed by atoms with Gasteiger partial charge in [0.1, 0.15) is 11.4 Å². The van der Waals surface area contributed by atoms with E-state index in [2.05, 4.69) is 27.6 Å². The van der Waals surface area contributed by atoms with Crippen LogP contribution in [0.25, 0.3) is 0 Å². The van der Waals surface area contributed by atoms with Gasteiger partial charge in [0.05, 0.1) is 7.11 Å². The van der Waals surface area contributed by atoms with Crippen molar-refractivity contribution in [1.82, 2.24) is 10.2 Å². The molecule has 0 unspecified atom stereocenters. The second-order valence-electron chi connectivity index (χ2n) is 8.62. The van der Waals surface area contributed by atoms with Crippen LogP contribution in [-0.2, 0) is 11.8 Å². The van der Waals surface area contributed by atoms with Gasteiger partial charge in [-0.05, 0) is 73.1 Å². The highest BCUT2D eigenvalue weighted by molar-refractivity contribution is 6.11. The maximum Gasteiger partial charge on any atom is 0.276 e. The van der Waals surface area contributed by atoms with Crippen molar-refractivity contribution >= 4 is 23.2 Å². The van der Waals surface area contributed by atoms with E-state index in [9.17, 15) is 14.7 Å². The third kappa shape index (κ3) is 3.87. The number of hydrogen-bond acceptors (Lipinski definition) is 5. The van der Waals surface area contributed by atoms with E-state index >= 15 is 0 Å². The van der Waals surface area contributed by atoms with Gasteiger partial charge in [-0.1, -0.05) is 12.1 Å². The SMILES string of the molecule is COc1ccc(NC(=O)c2n[nH]c3c2CCN(c2ccc(C4(CCO)CC4)cc2)C3=O)cc1. The van der Waals surface area contributed by atoms with Crippen molar-refractivity contribution in [1.29, 1.82) is 0 Å². The van der Waals surface area contributed by atoms with Crippen molar-refractivity contribution in [2.24, 2.45) is 0 Å². The number of ether oxygens (including phenoxy) is 1. The number of aromatic amines is 1. The molecule has 1 fully saturated rings. The monoisotopic (exact) mass is 446 g/mol. The minimum Gasteiger partial charge on any atom is -0.497 e. The van der Waals surface area contributed by atoms with Crippen molar-refractivity contribution in [3.8, 4) is 5.75 Å². The first kappa shape index (κ1) is 21.2. The van der Waals surface area contributed by atoms with Gasteiger partial charge in [-0.15, -0.1) is 0 Å². The third-order valence-electron chi connectivity index (χ3n) is 6.71. The Labute approximate surface area is 191 Å². The van der Waals surface area contributed by atoms with Crippen LogP contribution in [0, 0.1) is 0 Å². The van der Waals surface area contributed by atoms with Crippen LogP contribution in [-0.4, -0.2) is 47.4 Å². The van der Waals surface area contributed by atoms with Gasteiger partial charge < -0.3 is 20.1 Å². The molecule has 1 aliphatic heterocycles. The van der Waals surface area contributed by atoms with Crippen LogP contribution in [0.1, 0.15) is 51.4 Å². The van der Waals surface area contributed by atoms with Gasteiger partial charge in [-0.3, -0.25) is 14.7 Å². The number of anilines is 2. The molecule has 2 aromatic carbocycles. The average molecular weight is 447 g/mol. The molecule has 0 atom stereocenters. The fraction of sp³-hybridized carbons (Fsp3) is 0.320. The number of rotatable bonds is 7. The zero-order chi connectivity index (χ0) is 23.0. The number of nitrogens with one attached hydrogen (secondary N) is 2. The summed E-state index contributed by atoms with van der Waals surface area (Å²) in [5, 5.41) is 19.1. The average Bonchev–Trinajstić information content (AvgIpc) is 3.49. The summed E-state index contributed by atoms with van der Waals surface area (Å²) >= 11 is 0. The minimum absolute atomic E-state index is 0.0991. The molecule has 2 amide bonds. The highest BCUT2D eigenvalue weighted by atomic mass is 16.5. The van der Waals surface area contributed by atoms with Crippen molar-refractivity contribution < 1.29 is 19.4 Å². The summed E-state index contributed by atoms with van der Waals surface area (Å²) in [4.78, 5) is 27.6. The van der Waals surface area contributed by atoms with Gasteiger partial charge in [0, 0.05) is 30.1 Å². The summed E-state index contributed by atoms with van der Waals surface area (Å²) in [5.74, 6) is 0.142. The van der Waals surface area contributed by atoms with Crippen molar-refractivity contribution in [3.05, 3.63) is 71.0 Å². The Kier molecular flexibility index (Phi) is 5.38. The van der Waals surface area contributed by atoms with Gasteiger partial charge in [0.25, 0.3) is 11.8 Å². The molecule has 0 saturated heterocycles. The van der Waals surface area contributed by atoms with E-state index in [-0.39, 0.29) is 29.5 Å².